The number of nitrogens with one attached hydrogen (secondary N) is 5. The van der Waals surface area contributed by atoms with Gasteiger partial charge in [0, 0.05) is 76.1 Å². The van der Waals surface area contributed by atoms with Crippen molar-refractivity contribution in [1.82, 2.24) is 30.8 Å². The minimum Gasteiger partial charge on any atom is -0.478 e. The number of hydrogen-bond acceptors (Lipinski definition) is 11. The lowest BCUT2D eigenvalue weighted by Gasteiger charge is -2.17. The molecular weight excluding hydrogens is 927 g/mol. The van der Waals surface area contributed by atoms with Crippen molar-refractivity contribution in [3.8, 4) is 22.3 Å². The maximum absolute atomic E-state index is 15.0. The van der Waals surface area contributed by atoms with Gasteiger partial charge in [0.25, 0.3) is 29.5 Å². The molecule has 0 bridgehead atoms. The Morgan fingerprint density at radius 2 is 1.07 bits per heavy atom. The van der Waals surface area contributed by atoms with Crippen molar-refractivity contribution in [2.24, 2.45) is 0 Å². The van der Waals surface area contributed by atoms with E-state index in [1.54, 1.807) is 49.0 Å². The standard InChI is InChI=1S/C28H30FN5O3S.C22H18FN3O4S/c1-17-22(15-19(16-24(17)29)26(36)32-20-5-6-20)21-7-4-18(25(35)30-8-12-34-10-2-3-11-34)14-23(21)27(37)33-28-31-9-13-38-28;1-11-16(9-13(10-18(11)23)19(27)25-14-3-4-14)15-5-2-12(21(29)30)8-17(15)20(28)26-22-24-6-7-31-22/h4,7,9,13-16,20H,2-3,5-6,8,10-12H2,1H3,(H,30,35)(H,32,36)(H,31,33,37);2,5-10,14H,3-4H2,1H3,(H,25,27)(H,29,30)(H,24,26,28). The minimum atomic E-state index is -1.20. The van der Waals surface area contributed by atoms with Gasteiger partial charge in [0.2, 0.25) is 0 Å². The van der Waals surface area contributed by atoms with E-state index >= 15 is 0 Å². The van der Waals surface area contributed by atoms with Crippen LogP contribution in [0.4, 0.5) is 19.0 Å². The van der Waals surface area contributed by atoms with Gasteiger partial charge in [-0.15, -0.1) is 22.7 Å². The summed E-state index contributed by atoms with van der Waals surface area (Å²) in [7, 11) is 0. The van der Waals surface area contributed by atoms with Crippen LogP contribution in [0.2, 0.25) is 0 Å². The first-order valence-electron chi connectivity index (χ1n) is 22.4. The number of aromatic carboxylic acids is 1. The molecule has 4 aromatic carbocycles. The average molecular weight is 975 g/mol. The number of aromatic nitrogens is 2. The van der Waals surface area contributed by atoms with E-state index in [-0.39, 0.29) is 57.3 Å². The Kier molecular flexibility index (Phi) is 15.0. The Morgan fingerprint density at radius 1 is 0.609 bits per heavy atom. The van der Waals surface area contributed by atoms with Gasteiger partial charge in [-0.05, 0) is 147 Å². The van der Waals surface area contributed by atoms with Gasteiger partial charge in [0.15, 0.2) is 10.3 Å². The molecule has 6 N–H and O–H groups in total. The third kappa shape index (κ3) is 12.1. The number of benzene rings is 4. The number of likely N-dealkylation sites (tertiary alicyclic amines) is 1. The van der Waals surface area contributed by atoms with Crippen LogP contribution in [0.15, 0.2) is 83.8 Å². The largest absolute Gasteiger partial charge is 0.478 e. The van der Waals surface area contributed by atoms with Crippen molar-refractivity contribution < 1.29 is 42.7 Å². The normalized spacial score (nSPS) is 14.3. The minimum absolute atomic E-state index is 0.0392. The third-order valence-corrected chi connectivity index (χ3v) is 13.3. The lowest BCUT2D eigenvalue weighted by molar-refractivity contribution is 0.0695. The van der Waals surface area contributed by atoms with Gasteiger partial charge in [-0.2, -0.15) is 0 Å². The van der Waals surface area contributed by atoms with Crippen molar-refractivity contribution in [3.63, 3.8) is 0 Å². The second-order valence-corrected chi connectivity index (χ2v) is 18.8. The average Bonchev–Trinajstić information content (AvgIpc) is 4.10. The summed E-state index contributed by atoms with van der Waals surface area (Å²) in [5.41, 5.74) is 2.82. The summed E-state index contributed by atoms with van der Waals surface area (Å²) in [5, 5.41) is 27.5. The Labute approximate surface area is 403 Å². The zero-order valence-electron chi connectivity index (χ0n) is 37.6. The fourth-order valence-electron chi connectivity index (χ4n) is 7.72. The number of amides is 5. The smallest absolute Gasteiger partial charge is 0.335 e. The quantitative estimate of drug-likeness (QED) is 0.0579. The van der Waals surface area contributed by atoms with Crippen LogP contribution in [0, 0.1) is 25.5 Å². The van der Waals surface area contributed by atoms with Crippen LogP contribution < -0.4 is 26.6 Å². The number of hydrogen-bond donors (Lipinski definition) is 6. The zero-order valence-corrected chi connectivity index (χ0v) is 39.3. The summed E-state index contributed by atoms with van der Waals surface area (Å²) in [6.45, 7) is 6.51. The number of halogens is 2. The fraction of sp³-hybridized carbons (Fsp3) is 0.280. The molecule has 1 saturated heterocycles. The van der Waals surface area contributed by atoms with E-state index < -0.39 is 35.3 Å². The molecule has 0 radical (unpaired) electrons. The molecule has 6 aromatic rings. The zero-order chi connectivity index (χ0) is 48.8. The Hall–Kier alpha value is -7.22. The SMILES string of the molecule is Cc1c(F)cc(C(=O)NC2CC2)cc1-c1ccc(C(=O)NCCN2CCCC2)cc1C(=O)Nc1nccs1.Cc1c(F)cc(C(=O)NC2CC2)cc1-c1ccc(C(=O)O)cc1C(=O)Nc1nccs1. The summed E-state index contributed by atoms with van der Waals surface area (Å²) in [6.07, 6.45) is 9.07. The molecule has 2 saturated carbocycles. The fourth-order valence-corrected chi connectivity index (χ4v) is 8.76. The van der Waals surface area contributed by atoms with Gasteiger partial charge >= 0.3 is 5.97 Å². The summed E-state index contributed by atoms with van der Waals surface area (Å²) in [6, 6.07) is 14.5. The highest BCUT2D eigenvalue weighted by atomic mass is 32.1. The van der Waals surface area contributed by atoms with Crippen molar-refractivity contribution in [2.45, 2.75) is 64.5 Å². The van der Waals surface area contributed by atoms with Crippen molar-refractivity contribution >= 4 is 68.4 Å². The van der Waals surface area contributed by atoms with Crippen LogP contribution in [0.3, 0.4) is 0 Å². The van der Waals surface area contributed by atoms with Crippen molar-refractivity contribution in [2.75, 3.05) is 36.8 Å². The molecule has 2 aliphatic carbocycles. The summed E-state index contributed by atoms with van der Waals surface area (Å²) in [5.74, 6) is -4.43. The van der Waals surface area contributed by atoms with Crippen LogP contribution in [0.25, 0.3) is 22.3 Å². The van der Waals surface area contributed by atoms with E-state index in [0.29, 0.717) is 50.2 Å². The second-order valence-electron chi connectivity index (χ2n) is 17.0. The molecule has 19 heteroatoms. The highest BCUT2D eigenvalue weighted by molar-refractivity contribution is 7.14. The number of carboxylic acid groups (broad SMARTS) is 1. The number of carboxylic acids is 1. The van der Waals surface area contributed by atoms with Crippen LogP contribution in [0.5, 0.6) is 0 Å². The van der Waals surface area contributed by atoms with E-state index in [0.717, 1.165) is 51.4 Å². The van der Waals surface area contributed by atoms with Gasteiger partial charge < -0.3 is 26.0 Å². The number of anilines is 2. The third-order valence-electron chi connectivity index (χ3n) is 11.9. The molecule has 5 amide bonds. The number of carbonyl (C=O) groups excluding carboxylic acids is 5. The first kappa shape index (κ1) is 48.2. The van der Waals surface area contributed by atoms with Gasteiger partial charge in [-0.25, -0.2) is 23.5 Å². The van der Waals surface area contributed by atoms with Gasteiger partial charge in [-0.3, -0.25) is 34.6 Å². The number of nitrogens with zero attached hydrogens (tertiary/aromatic N) is 3. The summed E-state index contributed by atoms with van der Waals surface area (Å²) < 4.78 is 29.7. The second kappa shape index (κ2) is 21.4. The topological polar surface area (TPSA) is 212 Å². The van der Waals surface area contributed by atoms with E-state index in [9.17, 15) is 42.7 Å². The predicted molar refractivity (Wildman–Crippen MR) is 259 cm³/mol. The molecule has 69 heavy (non-hydrogen) atoms. The Balaban J connectivity index is 0.000000190. The first-order chi connectivity index (χ1) is 33.2. The lowest BCUT2D eigenvalue weighted by atomic mass is 9.92. The molecule has 0 spiro atoms. The molecule has 3 aliphatic rings. The monoisotopic (exact) mass is 974 g/mol. The first-order valence-corrected chi connectivity index (χ1v) is 24.1. The van der Waals surface area contributed by atoms with E-state index in [4.69, 9.17) is 0 Å². The molecule has 3 heterocycles. The van der Waals surface area contributed by atoms with E-state index in [1.807, 2.05) is 0 Å². The number of rotatable bonds is 15. The highest BCUT2D eigenvalue weighted by Crippen LogP contribution is 2.34. The van der Waals surface area contributed by atoms with Crippen molar-refractivity contribution in [3.05, 3.63) is 140 Å². The Morgan fingerprint density at radius 3 is 1.51 bits per heavy atom. The number of carbonyl (C=O) groups is 6. The molecule has 15 nitrogen and oxygen atoms in total. The molecule has 3 fully saturated rings. The predicted octanol–water partition coefficient (Wildman–Crippen LogP) is 8.33. The Bertz CT molecular complexity index is 2930. The van der Waals surface area contributed by atoms with Crippen LogP contribution in [-0.4, -0.2) is 93.7 Å². The van der Waals surface area contributed by atoms with E-state index in [1.165, 1.54) is 78.1 Å². The van der Waals surface area contributed by atoms with Gasteiger partial charge in [-0.1, -0.05) is 12.1 Å². The maximum Gasteiger partial charge on any atom is 0.335 e. The number of thiazole rings is 2. The molecule has 0 atom stereocenters. The summed E-state index contributed by atoms with van der Waals surface area (Å²) >= 11 is 2.47. The lowest BCUT2D eigenvalue weighted by Crippen LogP contribution is -2.33. The molecule has 356 valence electrons. The highest BCUT2D eigenvalue weighted by Gasteiger charge is 2.28. The molecule has 1 aliphatic heterocycles. The maximum atomic E-state index is 15.0. The van der Waals surface area contributed by atoms with Crippen LogP contribution in [-0.2, 0) is 0 Å². The summed E-state index contributed by atoms with van der Waals surface area (Å²) in [4.78, 5) is 86.3. The van der Waals surface area contributed by atoms with E-state index in [2.05, 4.69) is 41.5 Å². The van der Waals surface area contributed by atoms with Crippen molar-refractivity contribution in [1.29, 1.82) is 0 Å². The van der Waals surface area contributed by atoms with Crippen LogP contribution >= 0.6 is 22.7 Å². The molecular formula is C50H48F2N8O7S2. The molecule has 2 aromatic heterocycles. The van der Waals surface area contributed by atoms with Gasteiger partial charge in [0.1, 0.15) is 11.6 Å². The molecule has 0 unspecified atom stereocenters. The van der Waals surface area contributed by atoms with Crippen LogP contribution in [0.1, 0.15) is 112 Å². The molecule has 9 rings (SSSR count). The van der Waals surface area contributed by atoms with Gasteiger partial charge in [0.05, 0.1) is 5.56 Å².